The lowest BCUT2D eigenvalue weighted by Crippen LogP contribution is -1.91. The van der Waals surface area contributed by atoms with Crippen molar-refractivity contribution in [2.75, 3.05) is 0 Å². The molecule has 0 saturated carbocycles. The van der Waals surface area contributed by atoms with Crippen molar-refractivity contribution in [2.24, 2.45) is 9.98 Å². The summed E-state index contributed by atoms with van der Waals surface area (Å²) in [5, 5.41) is 27.6. The van der Waals surface area contributed by atoms with E-state index in [2.05, 4.69) is 9.98 Å². The molecule has 0 bridgehead atoms. The number of hydrogen-bond acceptors (Lipinski definition) is 10. The molecular weight excluding hydrogens is 801 g/mol. The standard InChI is InChI=1S/C54H28N4O6/c55-29-61-44-14-6-34-2-4-39(22-41(34)24-44)54-50-28-48(18-10-37(50)12-20-52(54)62-30-56)64-46-16-8-35-7-15-45(25-42(35)26-46)63-47-17-9-36-11-19-51(58-32-60)53(49(36)27-47)38-3-1-33-5-13-43(57-31-59)23-40(33)21-38/h1-28H. The van der Waals surface area contributed by atoms with Crippen LogP contribution < -0.4 is 18.9 Å². The number of hydrogen-bond donors (Lipinski definition) is 0. The second-order valence-electron chi connectivity index (χ2n) is 14.8. The molecule has 0 amide bonds. The Labute approximate surface area is 364 Å². The van der Waals surface area contributed by atoms with Crippen molar-refractivity contribution in [3.63, 3.8) is 0 Å². The highest BCUT2D eigenvalue weighted by molar-refractivity contribution is 6.05. The molecule has 10 heteroatoms. The van der Waals surface area contributed by atoms with Gasteiger partial charge in [0.25, 0.3) is 12.5 Å². The number of nitrogens with zero attached hydrogens (tertiary/aromatic N) is 4. The van der Waals surface area contributed by atoms with Crippen molar-refractivity contribution in [2.45, 2.75) is 0 Å². The molecule has 10 nitrogen and oxygen atoms in total. The van der Waals surface area contributed by atoms with Gasteiger partial charge in [0.2, 0.25) is 12.2 Å². The average molecular weight is 829 g/mol. The molecule has 300 valence electrons. The molecule has 0 spiro atoms. The van der Waals surface area contributed by atoms with Crippen molar-refractivity contribution in [1.82, 2.24) is 0 Å². The van der Waals surface area contributed by atoms with E-state index in [9.17, 15) is 14.9 Å². The van der Waals surface area contributed by atoms with Crippen LogP contribution in [0.4, 0.5) is 11.4 Å². The third-order valence-corrected chi connectivity index (χ3v) is 11.1. The molecule has 0 radical (unpaired) electrons. The molecular formula is C54H28N4O6. The van der Waals surface area contributed by atoms with Gasteiger partial charge in [0.15, 0.2) is 5.75 Å². The summed E-state index contributed by atoms with van der Waals surface area (Å²) in [6.45, 7) is 0. The molecule has 10 aromatic rings. The number of aliphatic imine (C=N–C) groups is 2. The monoisotopic (exact) mass is 828 g/mol. The normalized spacial score (nSPS) is 10.8. The van der Waals surface area contributed by atoms with E-state index in [1.165, 1.54) is 0 Å². The summed E-state index contributed by atoms with van der Waals surface area (Å²) in [7, 11) is 0. The second kappa shape index (κ2) is 16.5. The van der Waals surface area contributed by atoms with Crippen LogP contribution in [0.2, 0.25) is 0 Å². The number of nitriles is 2. The maximum atomic E-state index is 11.6. The van der Waals surface area contributed by atoms with Gasteiger partial charge in [-0.05, 0) is 162 Å². The summed E-state index contributed by atoms with van der Waals surface area (Å²) in [4.78, 5) is 30.4. The topological polar surface area (TPSA) is 143 Å². The van der Waals surface area contributed by atoms with Crippen LogP contribution >= 0.6 is 0 Å². The molecule has 0 aliphatic rings. The van der Waals surface area contributed by atoms with E-state index in [1.54, 1.807) is 48.7 Å². The molecule has 10 rings (SSSR count). The van der Waals surface area contributed by atoms with E-state index in [0.717, 1.165) is 70.6 Å². The van der Waals surface area contributed by atoms with Crippen LogP contribution in [-0.2, 0) is 9.59 Å². The molecule has 0 saturated heterocycles. The van der Waals surface area contributed by atoms with Crippen LogP contribution in [0, 0.1) is 23.0 Å². The van der Waals surface area contributed by atoms with Gasteiger partial charge >= 0.3 is 0 Å². The van der Waals surface area contributed by atoms with Crippen molar-refractivity contribution in [1.29, 1.82) is 10.5 Å². The Hall–Kier alpha value is -9.56. The van der Waals surface area contributed by atoms with E-state index >= 15 is 0 Å². The van der Waals surface area contributed by atoms with E-state index in [0.29, 0.717) is 51.4 Å². The fraction of sp³-hybridized carbons (Fsp3) is 0. The first kappa shape index (κ1) is 38.6. The Morgan fingerprint density at radius 1 is 0.375 bits per heavy atom. The minimum atomic E-state index is 0.390. The smallest absolute Gasteiger partial charge is 0.292 e. The summed E-state index contributed by atoms with van der Waals surface area (Å²) in [5.74, 6) is 3.17. The summed E-state index contributed by atoms with van der Waals surface area (Å²) in [5.41, 5.74) is 3.99. The third-order valence-electron chi connectivity index (χ3n) is 11.1. The van der Waals surface area contributed by atoms with Crippen LogP contribution in [0.1, 0.15) is 0 Å². The van der Waals surface area contributed by atoms with Crippen LogP contribution in [0.15, 0.2) is 180 Å². The van der Waals surface area contributed by atoms with Crippen LogP contribution in [-0.4, -0.2) is 12.2 Å². The molecule has 0 aromatic heterocycles. The van der Waals surface area contributed by atoms with Crippen molar-refractivity contribution >= 4 is 77.4 Å². The fourth-order valence-electron chi connectivity index (χ4n) is 8.18. The van der Waals surface area contributed by atoms with Gasteiger partial charge in [0, 0.05) is 11.1 Å². The van der Waals surface area contributed by atoms with E-state index in [-0.39, 0.29) is 0 Å². The predicted molar refractivity (Wildman–Crippen MR) is 246 cm³/mol. The molecule has 0 heterocycles. The average Bonchev–Trinajstić information content (AvgIpc) is 3.31. The van der Waals surface area contributed by atoms with E-state index in [1.807, 2.05) is 146 Å². The molecule has 0 N–H and O–H groups in total. The van der Waals surface area contributed by atoms with Gasteiger partial charge in [-0.25, -0.2) is 9.59 Å². The van der Waals surface area contributed by atoms with Gasteiger partial charge in [-0.3, -0.25) is 0 Å². The second-order valence-corrected chi connectivity index (χ2v) is 14.8. The number of fused-ring (bicyclic) bond motifs is 5. The highest BCUT2D eigenvalue weighted by Crippen LogP contribution is 2.43. The number of isocyanates is 2. The fourth-order valence-corrected chi connectivity index (χ4v) is 8.18. The Kier molecular flexibility index (Phi) is 9.95. The van der Waals surface area contributed by atoms with Crippen LogP contribution in [0.3, 0.4) is 0 Å². The van der Waals surface area contributed by atoms with Gasteiger partial charge in [-0.2, -0.15) is 9.98 Å². The van der Waals surface area contributed by atoms with E-state index in [4.69, 9.17) is 24.2 Å². The molecule has 0 aliphatic heterocycles. The lowest BCUT2D eigenvalue weighted by molar-refractivity contribution is 0.482. The Balaban J connectivity index is 0.976. The third kappa shape index (κ3) is 7.45. The summed E-state index contributed by atoms with van der Waals surface area (Å²) in [6, 6.07) is 53.2. The number of benzene rings is 10. The summed E-state index contributed by atoms with van der Waals surface area (Å²) in [6.07, 6.45) is 6.83. The Morgan fingerprint density at radius 2 is 0.828 bits per heavy atom. The summed E-state index contributed by atoms with van der Waals surface area (Å²) < 4.78 is 23.5. The molecule has 64 heavy (non-hydrogen) atoms. The Morgan fingerprint density at radius 3 is 1.44 bits per heavy atom. The highest BCUT2D eigenvalue weighted by atomic mass is 16.5. The maximum absolute atomic E-state index is 11.6. The van der Waals surface area contributed by atoms with Gasteiger partial charge in [0.1, 0.15) is 28.7 Å². The zero-order valence-corrected chi connectivity index (χ0v) is 33.4. The van der Waals surface area contributed by atoms with Crippen molar-refractivity contribution in [3.05, 3.63) is 170 Å². The quantitative estimate of drug-likeness (QED) is 0.0753. The van der Waals surface area contributed by atoms with Crippen LogP contribution in [0.5, 0.6) is 34.5 Å². The van der Waals surface area contributed by atoms with Crippen molar-refractivity contribution in [3.8, 4) is 69.3 Å². The van der Waals surface area contributed by atoms with Gasteiger partial charge in [-0.1, -0.05) is 72.8 Å². The van der Waals surface area contributed by atoms with Crippen molar-refractivity contribution < 1.29 is 28.5 Å². The zero-order valence-electron chi connectivity index (χ0n) is 33.4. The SMILES string of the molecule is N#COc1ccc2ccc(-c3c(OC#N)ccc4ccc(Oc5ccc6ccc(Oc7ccc8ccc(N=C=O)c(-c9ccc%10ccc(N=C=O)cc%10c9)c8c7)cc6c5)cc34)cc2c1. The largest absolute Gasteiger partial charge is 0.457 e. The number of rotatable bonds is 10. The lowest BCUT2D eigenvalue weighted by atomic mass is 9.94. The lowest BCUT2D eigenvalue weighted by Gasteiger charge is -2.14. The first-order valence-electron chi connectivity index (χ1n) is 19.9. The first-order chi connectivity index (χ1) is 31.5. The minimum absolute atomic E-state index is 0.390. The molecule has 0 aliphatic carbocycles. The number of carbonyl (C=O) groups excluding carboxylic acids is 2. The zero-order chi connectivity index (χ0) is 43.6. The molecule has 0 atom stereocenters. The molecule has 10 aromatic carbocycles. The number of ether oxygens (including phenoxy) is 4. The Bertz CT molecular complexity index is 3740. The maximum Gasteiger partial charge on any atom is 0.292 e. The molecule has 0 unspecified atom stereocenters. The highest BCUT2D eigenvalue weighted by Gasteiger charge is 2.16. The minimum Gasteiger partial charge on any atom is -0.457 e. The van der Waals surface area contributed by atoms with Gasteiger partial charge < -0.3 is 18.9 Å². The molecule has 0 fully saturated rings. The van der Waals surface area contributed by atoms with Gasteiger partial charge in [0.05, 0.1) is 11.4 Å². The first-order valence-corrected chi connectivity index (χ1v) is 19.9. The van der Waals surface area contributed by atoms with Gasteiger partial charge in [-0.15, -0.1) is 10.5 Å². The predicted octanol–water partition coefficient (Wildman–Crippen LogP) is 14.0. The van der Waals surface area contributed by atoms with E-state index < -0.39 is 0 Å². The summed E-state index contributed by atoms with van der Waals surface area (Å²) >= 11 is 0. The van der Waals surface area contributed by atoms with Crippen LogP contribution in [0.25, 0.3) is 76.1 Å².